The fourth-order valence-electron chi connectivity index (χ4n) is 3.93. The standard InChI is InChI=1S/C21H24FN5O/c1-3-17-11-19(26(2)25-17)21(28)27-10-4-5-15(13-27)20-18(12-23-24-20)14-6-8-16(22)9-7-14/h6-9,11-12,15H,3-5,10,13H2,1-2H3,(H,23,24)/t15-/m1/s1. The van der Waals surface area contributed by atoms with Crippen LogP contribution in [0.5, 0.6) is 0 Å². The van der Waals surface area contributed by atoms with Crippen LogP contribution in [0.2, 0.25) is 0 Å². The van der Waals surface area contributed by atoms with E-state index in [1.165, 1.54) is 12.1 Å². The first-order chi connectivity index (χ1) is 13.6. The number of likely N-dealkylation sites (tertiary alicyclic amines) is 1. The number of H-pyrrole nitrogens is 1. The molecule has 1 aliphatic rings. The van der Waals surface area contributed by atoms with Gasteiger partial charge in [-0.25, -0.2) is 4.39 Å². The largest absolute Gasteiger partial charge is 0.337 e. The molecule has 6 nitrogen and oxygen atoms in total. The zero-order chi connectivity index (χ0) is 19.7. The topological polar surface area (TPSA) is 66.8 Å². The number of halogens is 1. The number of aromatic nitrogens is 4. The minimum absolute atomic E-state index is 0.0160. The van der Waals surface area contributed by atoms with Crippen LogP contribution < -0.4 is 0 Å². The zero-order valence-electron chi connectivity index (χ0n) is 16.2. The molecule has 0 radical (unpaired) electrons. The molecule has 1 saturated heterocycles. The van der Waals surface area contributed by atoms with Gasteiger partial charge < -0.3 is 4.90 Å². The third-order valence-electron chi connectivity index (χ3n) is 5.45. The first kappa shape index (κ1) is 18.4. The molecular weight excluding hydrogens is 357 g/mol. The number of piperidine rings is 1. The van der Waals surface area contributed by atoms with Crippen LogP contribution in [0.3, 0.4) is 0 Å². The van der Waals surface area contributed by atoms with Crippen molar-refractivity contribution in [1.82, 2.24) is 24.9 Å². The molecule has 28 heavy (non-hydrogen) atoms. The number of aromatic amines is 1. The summed E-state index contributed by atoms with van der Waals surface area (Å²) in [5.74, 6) is -0.0766. The molecule has 4 rings (SSSR count). The highest BCUT2D eigenvalue weighted by Gasteiger charge is 2.29. The number of rotatable bonds is 4. The maximum atomic E-state index is 13.3. The van der Waals surface area contributed by atoms with Crippen molar-refractivity contribution in [2.75, 3.05) is 13.1 Å². The van der Waals surface area contributed by atoms with Crippen LogP contribution in [0.1, 0.15) is 47.6 Å². The van der Waals surface area contributed by atoms with E-state index < -0.39 is 0 Å². The van der Waals surface area contributed by atoms with E-state index in [0.29, 0.717) is 12.2 Å². The highest BCUT2D eigenvalue weighted by molar-refractivity contribution is 5.92. The Bertz CT molecular complexity index is 975. The van der Waals surface area contributed by atoms with Crippen LogP contribution in [0, 0.1) is 5.82 Å². The Kier molecular flexibility index (Phi) is 4.98. The molecule has 0 aliphatic carbocycles. The average Bonchev–Trinajstić information content (AvgIpc) is 3.35. The molecule has 3 heterocycles. The molecule has 1 N–H and O–H groups in total. The van der Waals surface area contributed by atoms with Gasteiger partial charge in [0.15, 0.2) is 0 Å². The molecule has 7 heteroatoms. The fourth-order valence-corrected chi connectivity index (χ4v) is 3.93. The quantitative estimate of drug-likeness (QED) is 0.752. The van der Waals surface area contributed by atoms with Crippen LogP contribution in [0.4, 0.5) is 4.39 Å². The molecule has 0 saturated carbocycles. The lowest BCUT2D eigenvalue weighted by Gasteiger charge is -2.32. The van der Waals surface area contributed by atoms with Crippen molar-refractivity contribution >= 4 is 5.91 Å². The van der Waals surface area contributed by atoms with Gasteiger partial charge in [0.2, 0.25) is 0 Å². The van der Waals surface area contributed by atoms with Gasteiger partial charge >= 0.3 is 0 Å². The summed E-state index contributed by atoms with van der Waals surface area (Å²) in [5.41, 5.74) is 4.44. The van der Waals surface area contributed by atoms with Gasteiger partial charge in [0, 0.05) is 37.3 Å². The Morgan fingerprint density at radius 3 is 2.82 bits per heavy atom. The number of amides is 1. The Balaban J connectivity index is 1.56. The minimum atomic E-state index is -0.258. The number of aryl methyl sites for hydroxylation is 2. The maximum Gasteiger partial charge on any atom is 0.272 e. The Morgan fingerprint density at radius 2 is 2.11 bits per heavy atom. The molecule has 0 bridgehead atoms. The average molecular weight is 381 g/mol. The summed E-state index contributed by atoms with van der Waals surface area (Å²) in [6, 6.07) is 8.31. The minimum Gasteiger partial charge on any atom is -0.337 e. The van der Waals surface area contributed by atoms with Crippen molar-refractivity contribution < 1.29 is 9.18 Å². The van der Waals surface area contributed by atoms with Crippen molar-refractivity contribution in [2.45, 2.75) is 32.1 Å². The van der Waals surface area contributed by atoms with E-state index in [1.54, 1.807) is 23.0 Å². The lowest BCUT2D eigenvalue weighted by molar-refractivity contribution is 0.0695. The predicted molar refractivity (Wildman–Crippen MR) is 104 cm³/mol. The zero-order valence-corrected chi connectivity index (χ0v) is 16.2. The first-order valence-electron chi connectivity index (χ1n) is 9.68. The predicted octanol–water partition coefficient (Wildman–Crippen LogP) is 3.53. The number of nitrogens with one attached hydrogen (secondary N) is 1. The SMILES string of the molecule is CCc1cc(C(=O)N2CCC[C@@H](c3[nH]ncc3-c3ccc(F)cc3)C2)n(C)n1. The third-order valence-corrected chi connectivity index (χ3v) is 5.45. The van der Waals surface area contributed by atoms with E-state index in [9.17, 15) is 9.18 Å². The maximum absolute atomic E-state index is 13.3. The van der Waals surface area contributed by atoms with Gasteiger partial charge in [-0.05, 0) is 43.0 Å². The second kappa shape index (κ2) is 7.58. The number of benzene rings is 1. The molecule has 1 amide bonds. The van der Waals surface area contributed by atoms with Crippen LogP contribution in [0.25, 0.3) is 11.1 Å². The number of hydrogen-bond acceptors (Lipinski definition) is 3. The monoisotopic (exact) mass is 381 g/mol. The summed E-state index contributed by atoms with van der Waals surface area (Å²) >= 11 is 0. The lowest BCUT2D eigenvalue weighted by atomic mass is 9.90. The highest BCUT2D eigenvalue weighted by Crippen LogP contribution is 2.33. The summed E-state index contributed by atoms with van der Waals surface area (Å²) in [5, 5.41) is 11.7. The van der Waals surface area contributed by atoms with Gasteiger partial charge in [-0.15, -0.1) is 0 Å². The van der Waals surface area contributed by atoms with Crippen LogP contribution in [-0.2, 0) is 13.5 Å². The van der Waals surface area contributed by atoms with Crippen molar-refractivity contribution in [3.05, 3.63) is 59.4 Å². The third kappa shape index (κ3) is 3.44. The smallest absolute Gasteiger partial charge is 0.272 e. The molecule has 1 atom stereocenters. The Morgan fingerprint density at radius 1 is 1.32 bits per heavy atom. The number of carbonyl (C=O) groups excluding carboxylic acids is 1. The van der Waals surface area contributed by atoms with E-state index in [0.717, 1.165) is 48.3 Å². The van der Waals surface area contributed by atoms with E-state index in [4.69, 9.17) is 0 Å². The molecule has 0 spiro atoms. The molecular formula is C21H24FN5O. The second-order valence-corrected chi connectivity index (χ2v) is 7.29. The number of nitrogens with zero attached hydrogens (tertiary/aromatic N) is 4. The summed E-state index contributed by atoms with van der Waals surface area (Å²) in [6.45, 7) is 3.40. The molecule has 1 fully saturated rings. The van der Waals surface area contributed by atoms with Gasteiger partial charge in [-0.3, -0.25) is 14.6 Å². The van der Waals surface area contributed by atoms with E-state index in [-0.39, 0.29) is 17.6 Å². The summed E-state index contributed by atoms with van der Waals surface area (Å²) < 4.78 is 14.9. The number of carbonyl (C=O) groups is 1. The second-order valence-electron chi connectivity index (χ2n) is 7.29. The molecule has 3 aromatic rings. The molecule has 1 aliphatic heterocycles. The van der Waals surface area contributed by atoms with Crippen LogP contribution in [-0.4, -0.2) is 43.9 Å². The Labute approximate surface area is 163 Å². The van der Waals surface area contributed by atoms with Crippen LogP contribution in [0.15, 0.2) is 36.5 Å². The van der Waals surface area contributed by atoms with E-state index >= 15 is 0 Å². The van der Waals surface area contributed by atoms with Gasteiger partial charge in [0.05, 0.1) is 11.9 Å². The summed E-state index contributed by atoms with van der Waals surface area (Å²) in [7, 11) is 1.81. The van der Waals surface area contributed by atoms with E-state index in [1.807, 2.05) is 24.9 Å². The normalized spacial score (nSPS) is 17.1. The van der Waals surface area contributed by atoms with Gasteiger partial charge in [0.1, 0.15) is 11.5 Å². The van der Waals surface area contributed by atoms with Crippen molar-refractivity contribution in [3.63, 3.8) is 0 Å². The van der Waals surface area contributed by atoms with E-state index in [2.05, 4.69) is 15.3 Å². The van der Waals surface area contributed by atoms with Gasteiger partial charge in [0.25, 0.3) is 5.91 Å². The Hall–Kier alpha value is -2.96. The summed E-state index contributed by atoms with van der Waals surface area (Å²) in [4.78, 5) is 15.0. The lowest BCUT2D eigenvalue weighted by Crippen LogP contribution is -2.40. The summed E-state index contributed by atoms with van der Waals surface area (Å²) in [6.07, 6.45) is 4.49. The van der Waals surface area contributed by atoms with Crippen LogP contribution >= 0.6 is 0 Å². The molecule has 1 aromatic carbocycles. The van der Waals surface area contributed by atoms with Crippen molar-refractivity contribution in [1.29, 1.82) is 0 Å². The molecule has 0 unspecified atom stereocenters. The first-order valence-corrected chi connectivity index (χ1v) is 9.68. The molecule has 2 aromatic heterocycles. The van der Waals surface area contributed by atoms with Gasteiger partial charge in [-0.2, -0.15) is 10.2 Å². The van der Waals surface area contributed by atoms with Gasteiger partial charge in [-0.1, -0.05) is 19.1 Å². The molecule has 146 valence electrons. The highest BCUT2D eigenvalue weighted by atomic mass is 19.1. The number of hydrogen-bond donors (Lipinski definition) is 1. The fraction of sp³-hybridized carbons (Fsp3) is 0.381. The van der Waals surface area contributed by atoms with Crippen molar-refractivity contribution in [2.24, 2.45) is 7.05 Å². The van der Waals surface area contributed by atoms with Crippen molar-refractivity contribution in [3.8, 4) is 11.1 Å².